The Hall–Kier alpha value is -2.68. The predicted molar refractivity (Wildman–Crippen MR) is 109 cm³/mol. The molecule has 0 aliphatic carbocycles. The summed E-state index contributed by atoms with van der Waals surface area (Å²) in [6.07, 6.45) is 3.22. The zero-order valence-corrected chi connectivity index (χ0v) is 16.8. The number of rotatable bonds is 3. The smallest absolute Gasteiger partial charge is 0.224 e. The average molecular weight is 396 g/mol. The molecule has 0 unspecified atom stereocenters. The highest BCUT2D eigenvalue weighted by Crippen LogP contribution is 2.24. The number of amides is 1. The van der Waals surface area contributed by atoms with Crippen molar-refractivity contribution >= 4 is 17.7 Å². The Morgan fingerprint density at radius 3 is 2.97 bits per heavy atom. The van der Waals surface area contributed by atoms with Gasteiger partial charge in [0.05, 0.1) is 30.4 Å². The zero-order chi connectivity index (χ0) is 20.0. The molecule has 3 N–H and O–H groups in total. The maximum Gasteiger partial charge on any atom is 0.224 e. The molecule has 1 amide bonds. The summed E-state index contributed by atoms with van der Waals surface area (Å²) in [6, 6.07) is 4.44. The molecule has 9 nitrogen and oxygen atoms in total. The number of aromatic nitrogens is 4. The molecular weight excluding hydrogens is 368 g/mol. The number of hydrogen-bond acceptors (Lipinski definition) is 7. The lowest BCUT2D eigenvalue weighted by atomic mass is 9.99. The molecule has 0 spiro atoms. The van der Waals surface area contributed by atoms with E-state index < -0.39 is 0 Å². The van der Waals surface area contributed by atoms with Crippen molar-refractivity contribution in [3.63, 3.8) is 0 Å². The second-order valence-corrected chi connectivity index (χ2v) is 8.52. The van der Waals surface area contributed by atoms with Gasteiger partial charge in [-0.25, -0.2) is 4.98 Å². The third-order valence-corrected chi connectivity index (χ3v) is 6.20. The van der Waals surface area contributed by atoms with Crippen LogP contribution in [0.4, 0.5) is 11.8 Å². The first-order valence-corrected chi connectivity index (χ1v) is 10.5. The van der Waals surface area contributed by atoms with Gasteiger partial charge >= 0.3 is 0 Å². The van der Waals surface area contributed by atoms with Gasteiger partial charge in [-0.2, -0.15) is 10.1 Å². The van der Waals surface area contributed by atoms with Gasteiger partial charge in [0.15, 0.2) is 0 Å². The van der Waals surface area contributed by atoms with E-state index in [9.17, 15) is 4.79 Å². The summed E-state index contributed by atoms with van der Waals surface area (Å²) in [4.78, 5) is 25.5. The molecule has 154 valence electrons. The van der Waals surface area contributed by atoms with E-state index in [2.05, 4.69) is 35.8 Å². The minimum atomic E-state index is 0.113. The third kappa shape index (κ3) is 3.78. The van der Waals surface area contributed by atoms with Crippen LogP contribution in [0.15, 0.2) is 12.1 Å². The van der Waals surface area contributed by atoms with Crippen LogP contribution in [0.25, 0.3) is 0 Å². The van der Waals surface area contributed by atoms with Crippen molar-refractivity contribution in [2.45, 2.75) is 51.9 Å². The van der Waals surface area contributed by atoms with Gasteiger partial charge in [0.1, 0.15) is 5.82 Å². The molecule has 2 aromatic heterocycles. The van der Waals surface area contributed by atoms with E-state index in [-0.39, 0.29) is 17.9 Å². The van der Waals surface area contributed by atoms with E-state index in [4.69, 9.17) is 10.8 Å². The van der Waals surface area contributed by atoms with Crippen molar-refractivity contribution in [2.24, 2.45) is 5.92 Å². The van der Waals surface area contributed by atoms with Crippen LogP contribution in [0.5, 0.6) is 0 Å². The summed E-state index contributed by atoms with van der Waals surface area (Å²) in [5.74, 6) is 1.53. The van der Waals surface area contributed by atoms with Crippen LogP contribution in [-0.4, -0.2) is 56.2 Å². The lowest BCUT2D eigenvalue weighted by Gasteiger charge is -2.28. The number of carbonyl (C=O) groups is 1. The summed E-state index contributed by atoms with van der Waals surface area (Å²) in [5, 5.41) is 8.04. The minimum Gasteiger partial charge on any atom is -0.368 e. The van der Waals surface area contributed by atoms with Gasteiger partial charge in [-0.3, -0.25) is 14.4 Å². The number of fused-ring (bicyclic) bond motifs is 4. The second-order valence-electron chi connectivity index (χ2n) is 8.52. The molecule has 2 saturated heterocycles. The Balaban J connectivity index is 1.30. The third-order valence-electron chi connectivity index (χ3n) is 6.20. The topological polar surface area (TPSA) is 105 Å². The first kappa shape index (κ1) is 18.4. The highest BCUT2D eigenvalue weighted by Gasteiger charge is 2.33. The van der Waals surface area contributed by atoms with Crippen molar-refractivity contribution in [3.8, 4) is 0 Å². The SMILES string of the molecule is Cc1cc(N2CCn3nc(CN4C[C@H]5CCC[C@H](C4)C(=O)N5)cc3C2)nc(N)n1. The molecule has 9 heteroatoms. The standard InChI is InChI=1S/C20H28N8O/c1-13-7-18(24-20(21)22-13)27-5-6-28-17(12-27)8-16(25-28)11-26-9-14-3-2-4-15(10-26)23-19(14)29/h7-8,14-15H,2-6,9-12H2,1H3,(H,23,29)(H2,21,22,24)/t14-,15-/m1/s1. The molecule has 2 bridgehead atoms. The van der Waals surface area contributed by atoms with Crippen LogP contribution in [0.1, 0.15) is 36.3 Å². The van der Waals surface area contributed by atoms with Crippen molar-refractivity contribution in [3.05, 3.63) is 29.2 Å². The Morgan fingerprint density at radius 2 is 2.10 bits per heavy atom. The molecule has 2 atom stereocenters. The molecule has 5 heterocycles. The van der Waals surface area contributed by atoms with E-state index >= 15 is 0 Å². The number of carbonyl (C=O) groups excluding carboxylic acids is 1. The fraction of sp³-hybridized carbons (Fsp3) is 0.600. The van der Waals surface area contributed by atoms with Crippen LogP contribution in [0, 0.1) is 12.8 Å². The molecule has 0 aromatic carbocycles. The summed E-state index contributed by atoms with van der Waals surface area (Å²) in [5.41, 5.74) is 8.97. The summed E-state index contributed by atoms with van der Waals surface area (Å²) >= 11 is 0. The number of nitrogens with one attached hydrogen (secondary N) is 1. The van der Waals surface area contributed by atoms with Gasteiger partial charge in [0.25, 0.3) is 0 Å². The fourth-order valence-corrected chi connectivity index (χ4v) is 4.84. The van der Waals surface area contributed by atoms with E-state index in [0.29, 0.717) is 5.95 Å². The maximum absolute atomic E-state index is 12.3. The predicted octanol–water partition coefficient (Wildman–Crippen LogP) is 0.684. The number of anilines is 2. The van der Waals surface area contributed by atoms with Crippen molar-refractivity contribution in [1.82, 2.24) is 30.0 Å². The Bertz CT molecular complexity index is 905. The Kier molecular flexibility index (Phi) is 4.61. The monoisotopic (exact) mass is 396 g/mol. The van der Waals surface area contributed by atoms with Crippen LogP contribution >= 0.6 is 0 Å². The Morgan fingerprint density at radius 1 is 1.21 bits per heavy atom. The number of aryl methyl sites for hydroxylation is 1. The van der Waals surface area contributed by atoms with Gasteiger partial charge in [-0.05, 0) is 25.8 Å². The van der Waals surface area contributed by atoms with Crippen molar-refractivity contribution < 1.29 is 4.79 Å². The highest BCUT2D eigenvalue weighted by atomic mass is 16.2. The van der Waals surface area contributed by atoms with Gasteiger partial charge in [-0.1, -0.05) is 6.42 Å². The quantitative estimate of drug-likeness (QED) is 0.786. The lowest BCUT2D eigenvalue weighted by Crippen LogP contribution is -2.38. The largest absolute Gasteiger partial charge is 0.368 e. The zero-order valence-electron chi connectivity index (χ0n) is 16.8. The molecule has 3 aliphatic rings. The molecule has 0 radical (unpaired) electrons. The molecule has 2 aromatic rings. The number of nitrogens with zero attached hydrogens (tertiary/aromatic N) is 6. The van der Waals surface area contributed by atoms with Gasteiger partial charge in [0.2, 0.25) is 11.9 Å². The van der Waals surface area contributed by atoms with Crippen LogP contribution in [-0.2, 0) is 24.4 Å². The number of hydrogen-bond donors (Lipinski definition) is 2. The summed E-state index contributed by atoms with van der Waals surface area (Å²) in [7, 11) is 0. The average Bonchev–Trinajstić information content (AvgIpc) is 2.89. The van der Waals surface area contributed by atoms with E-state index in [1.54, 1.807) is 0 Å². The lowest BCUT2D eigenvalue weighted by molar-refractivity contribution is -0.124. The van der Waals surface area contributed by atoms with Crippen LogP contribution < -0.4 is 16.0 Å². The van der Waals surface area contributed by atoms with Crippen LogP contribution in [0.3, 0.4) is 0 Å². The van der Waals surface area contributed by atoms with Gasteiger partial charge in [-0.15, -0.1) is 0 Å². The molecule has 29 heavy (non-hydrogen) atoms. The number of nitrogens with two attached hydrogens (primary N) is 1. The molecule has 5 rings (SSSR count). The van der Waals surface area contributed by atoms with E-state index in [1.165, 1.54) is 5.69 Å². The van der Waals surface area contributed by atoms with E-state index in [0.717, 1.165) is 75.7 Å². The van der Waals surface area contributed by atoms with E-state index in [1.807, 2.05) is 13.0 Å². The highest BCUT2D eigenvalue weighted by molar-refractivity contribution is 5.79. The molecular formula is C20H28N8O. The minimum absolute atomic E-state index is 0.113. The normalized spacial score (nSPS) is 24.7. The molecule has 0 saturated carbocycles. The first-order valence-electron chi connectivity index (χ1n) is 10.5. The first-order chi connectivity index (χ1) is 14.0. The Labute approximate surface area is 170 Å². The molecule has 2 fully saturated rings. The summed E-state index contributed by atoms with van der Waals surface area (Å²) in [6.45, 7) is 6.89. The van der Waals surface area contributed by atoms with Crippen LogP contribution in [0.2, 0.25) is 0 Å². The van der Waals surface area contributed by atoms with Gasteiger partial charge < -0.3 is 16.0 Å². The van der Waals surface area contributed by atoms with Crippen molar-refractivity contribution in [1.29, 1.82) is 0 Å². The van der Waals surface area contributed by atoms with Gasteiger partial charge in [0, 0.05) is 44.0 Å². The fourth-order valence-electron chi connectivity index (χ4n) is 4.84. The maximum atomic E-state index is 12.3. The number of likely N-dealkylation sites (tertiary alicyclic amines) is 1. The number of nitrogen functional groups attached to an aromatic ring is 1. The second kappa shape index (κ2) is 7.29. The summed E-state index contributed by atoms with van der Waals surface area (Å²) < 4.78 is 2.10. The van der Waals surface area contributed by atoms with Crippen molar-refractivity contribution in [2.75, 3.05) is 30.3 Å². The molecule has 3 aliphatic heterocycles.